The van der Waals surface area contributed by atoms with E-state index in [2.05, 4.69) is 27.3 Å². The van der Waals surface area contributed by atoms with Crippen molar-refractivity contribution in [1.82, 2.24) is 25.1 Å². The molecule has 7 aliphatic rings. The van der Waals surface area contributed by atoms with Gasteiger partial charge < -0.3 is 24.8 Å². The number of piperidine rings is 1. The summed E-state index contributed by atoms with van der Waals surface area (Å²) < 4.78 is 56.2. The first kappa shape index (κ1) is 38.7. The van der Waals surface area contributed by atoms with Gasteiger partial charge >= 0.3 is 0 Å². The fourth-order valence-electron chi connectivity index (χ4n) is 11.5. The molecule has 12 rings (SSSR count). The van der Waals surface area contributed by atoms with Gasteiger partial charge in [0, 0.05) is 89.0 Å². The van der Waals surface area contributed by atoms with Gasteiger partial charge in [-0.1, -0.05) is 47.8 Å². The van der Waals surface area contributed by atoms with Crippen molar-refractivity contribution in [3.05, 3.63) is 98.5 Å². The van der Waals surface area contributed by atoms with Gasteiger partial charge in [0.1, 0.15) is 17.2 Å². The summed E-state index contributed by atoms with van der Waals surface area (Å²) in [6.07, 6.45) is 7.20. The summed E-state index contributed by atoms with van der Waals surface area (Å²) in [5.41, 5.74) is 4.23. The summed E-state index contributed by atoms with van der Waals surface area (Å²) in [4.78, 5) is 21.6. The number of halogens is 5. The molecule has 60 heavy (non-hydrogen) atoms. The number of aryl methyl sites for hydroxylation is 1. The van der Waals surface area contributed by atoms with Crippen molar-refractivity contribution in [2.24, 2.45) is 11.8 Å². The van der Waals surface area contributed by atoms with Crippen LogP contribution in [0.4, 0.5) is 13.2 Å². The van der Waals surface area contributed by atoms with Crippen molar-refractivity contribution < 1.29 is 22.7 Å². The largest absolute Gasteiger partial charge is 0.371 e. The summed E-state index contributed by atoms with van der Waals surface area (Å²) in [6, 6.07) is 15.9. The molecule has 8 nitrogen and oxygen atoms in total. The third kappa shape index (κ3) is 6.26. The maximum Gasteiger partial charge on any atom is 0.226 e. The number of likely N-dealkylation sites (tertiary alicyclic amines) is 1. The van der Waals surface area contributed by atoms with Gasteiger partial charge in [0.25, 0.3) is 0 Å². The number of hydrogen-bond donors (Lipinski definition) is 2. The maximum absolute atomic E-state index is 17.9. The van der Waals surface area contributed by atoms with Gasteiger partial charge in [-0.25, -0.2) is 18.2 Å². The average molecular weight is 854 g/mol. The van der Waals surface area contributed by atoms with Gasteiger partial charge in [0.05, 0.1) is 52.1 Å². The van der Waals surface area contributed by atoms with Crippen LogP contribution in [-0.4, -0.2) is 57.7 Å². The van der Waals surface area contributed by atoms with E-state index in [4.69, 9.17) is 32.9 Å². The van der Waals surface area contributed by atoms with Crippen LogP contribution in [0.2, 0.25) is 10.0 Å². The minimum atomic E-state index is -0.663. The zero-order chi connectivity index (χ0) is 41.0. The van der Waals surface area contributed by atoms with Crippen LogP contribution in [0.15, 0.2) is 48.5 Å². The van der Waals surface area contributed by atoms with Gasteiger partial charge in [-0.05, 0) is 86.8 Å². The molecule has 3 aromatic carbocycles. The fourth-order valence-corrected chi connectivity index (χ4v) is 11.9. The van der Waals surface area contributed by atoms with Crippen LogP contribution in [0.3, 0.4) is 0 Å². The summed E-state index contributed by atoms with van der Waals surface area (Å²) in [5.74, 6) is -1.44. The molecular formula is C47H45Cl2F3N6O2. The minimum Gasteiger partial charge on any atom is -0.371 e. The third-order valence-electron chi connectivity index (χ3n) is 14.5. The van der Waals surface area contributed by atoms with E-state index in [0.717, 1.165) is 73.8 Å². The second-order valence-corrected chi connectivity index (χ2v) is 18.8. The Bertz CT molecular complexity index is 2590. The summed E-state index contributed by atoms with van der Waals surface area (Å²) >= 11 is 13.4. The summed E-state index contributed by atoms with van der Waals surface area (Å²) in [6.45, 7) is 0.905. The number of nitrogens with one attached hydrogen (secondary N) is 2. The Hall–Kier alpha value is -4.18. The Kier molecular flexibility index (Phi) is 9.69. The van der Waals surface area contributed by atoms with Crippen LogP contribution in [-0.2, 0) is 22.6 Å². The van der Waals surface area contributed by atoms with Crippen molar-refractivity contribution in [2.75, 3.05) is 13.1 Å². The van der Waals surface area contributed by atoms with Crippen molar-refractivity contribution in [1.29, 1.82) is 5.26 Å². The lowest BCUT2D eigenvalue weighted by molar-refractivity contribution is -0.134. The quantitative estimate of drug-likeness (QED) is 0.145. The highest BCUT2D eigenvalue weighted by Gasteiger charge is 2.52. The molecule has 8 atom stereocenters. The number of aromatic nitrogens is 2. The Morgan fingerprint density at radius 2 is 1.80 bits per heavy atom. The molecule has 5 aromatic rings. The SMILES string of the molecule is N#CCCc1cc2c(nc(C3CC4CCCC3N4)c3cc([C@H]4C[C@H](OCc5c(F)cccc5F)CN4C(=O)C4CC4)n([C@H]4[C@H]5CN[C@@H]4C5)c32)c(F)c1-c1cccc(Cl)c1Cl. The third-order valence-corrected chi connectivity index (χ3v) is 15.3. The van der Waals surface area contributed by atoms with Crippen LogP contribution < -0.4 is 10.6 Å². The first-order valence-electron chi connectivity index (χ1n) is 21.5. The molecule has 310 valence electrons. The van der Waals surface area contributed by atoms with Crippen molar-refractivity contribution in [3.63, 3.8) is 0 Å². The molecule has 5 saturated heterocycles. The van der Waals surface area contributed by atoms with Crippen LogP contribution in [0.5, 0.6) is 0 Å². The molecular weight excluding hydrogens is 808 g/mol. The Labute approximate surface area is 356 Å². The predicted octanol–water partition coefficient (Wildman–Crippen LogP) is 9.84. The minimum absolute atomic E-state index is 0.0414. The maximum atomic E-state index is 17.9. The number of carbonyl (C=O) groups excluding carboxylic acids is 1. The van der Waals surface area contributed by atoms with Gasteiger partial charge in [0.2, 0.25) is 5.91 Å². The highest BCUT2D eigenvalue weighted by Crippen LogP contribution is 2.53. The van der Waals surface area contributed by atoms with Crippen molar-refractivity contribution >= 4 is 50.9 Å². The number of rotatable bonds is 10. The highest BCUT2D eigenvalue weighted by atomic mass is 35.5. The van der Waals surface area contributed by atoms with E-state index < -0.39 is 29.6 Å². The fraction of sp³-hybridized carbons (Fsp3) is 0.468. The lowest BCUT2D eigenvalue weighted by atomic mass is 9.79. The topological polar surface area (TPSA) is 95.2 Å². The van der Waals surface area contributed by atoms with E-state index in [0.29, 0.717) is 58.4 Å². The molecule has 1 amide bonds. The van der Waals surface area contributed by atoms with E-state index in [1.54, 1.807) is 18.2 Å². The number of amides is 1. The molecule has 0 radical (unpaired) electrons. The molecule has 7 fully saturated rings. The molecule has 0 spiro atoms. The van der Waals surface area contributed by atoms with Crippen LogP contribution in [0.1, 0.15) is 98.3 Å². The number of fused-ring (bicyclic) bond motifs is 6. The van der Waals surface area contributed by atoms with Crippen LogP contribution >= 0.6 is 23.2 Å². The van der Waals surface area contributed by atoms with Gasteiger partial charge in [-0.2, -0.15) is 5.26 Å². The second kappa shape index (κ2) is 15.0. The number of nitriles is 1. The number of hydrogen-bond acceptors (Lipinski definition) is 6. The smallest absolute Gasteiger partial charge is 0.226 e. The van der Waals surface area contributed by atoms with E-state index in [-0.39, 0.29) is 65.0 Å². The molecule has 3 unspecified atom stereocenters. The van der Waals surface area contributed by atoms with Gasteiger partial charge in [-0.3, -0.25) is 4.79 Å². The zero-order valence-electron chi connectivity index (χ0n) is 33.0. The Morgan fingerprint density at radius 1 is 0.983 bits per heavy atom. The normalized spacial score (nSPS) is 28.2. The molecule has 7 heterocycles. The van der Waals surface area contributed by atoms with Crippen LogP contribution in [0, 0.1) is 40.6 Å². The number of ether oxygens (including phenoxy) is 1. The van der Waals surface area contributed by atoms with E-state index in [1.165, 1.54) is 18.2 Å². The standard InChI is InChI=1S/C47H45Cl2F3N6O2/c48-33-8-2-7-28(41(33)49)40-24(5-4-14-53)15-30-44(42(40)52)56-43(29-17-26-6-1-11-36(29)55-26)31-19-39(58(46(30)31)45-25-16-37(45)54-20-25)38-18-27(21-57(38)47(59)23-12-13-23)60-22-32-34(50)9-3-10-35(32)51/h2-3,7-10,15,19,23,25-27,29,36-38,45,54-55H,1,4-6,11-13,16-18,20-22H2/t25-,26?,27+,29?,36?,37-,38-,45+/m1/s1. The predicted molar refractivity (Wildman–Crippen MR) is 224 cm³/mol. The molecule has 2 aromatic heterocycles. The Morgan fingerprint density at radius 3 is 2.53 bits per heavy atom. The molecule has 13 heteroatoms. The molecule has 2 saturated carbocycles. The van der Waals surface area contributed by atoms with Crippen molar-refractivity contribution in [3.8, 4) is 17.2 Å². The number of nitrogens with zero attached hydrogens (tertiary/aromatic N) is 4. The first-order chi connectivity index (χ1) is 29.2. The lowest BCUT2D eigenvalue weighted by Gasteiger charge is -2.39. The lowest BCUT2D eigenvalue weighted by Crippen LogP contribution is -2.41. The molecule has 4 bridgehead atoms. The van der Waals surface area contributed by atoms with Crippen LogP contribution in [0.25, 0.3) is 32.9 Å². The number of pyridine rings is 1. The molecule has 5 aliphatic heterocycles. The summed E-state index contributed by atoms with van der Waals surface area (Å²) in [7, 11) is 0. The Balaban J connectivity index is 1.14. The zero-order valence-corrected chi connectivity index (χ0v) is 34.5. The molecule has 2 aliphatic carbocycles. The van der Waals surface area contributed by atoms with Gasteiger partial charge in [0.15, 0.2) is 5.82 Å². The molecule has 2 N–H and O–H groups in total. The van der Waals surface area contributed by atoms with E-state index in [1.807, 2.05) is 11.0 Å². The second-order valence-electron chi connectivity index (χ2n) is 18.0. The van der Waals surface area contributed by atoms with Gasteiger partial charge in [-0.15, -0.1) is 0 Å². The first-order valence-corrected chi connectivity index (χ1v) is 22.3. The highest BCUT2D eigenvalue weighted by molar-refractivity contribution is 6.43. The monoisotopic (exact) mass is 852 g/mol. The van der Waals surface area contributed by atoms with E-state index >= 15 is 4.39 Å². The summed E-state index contributed by atoms with van der Waals surface area (Å²) in [5, 5.41) is 19.5. The number of carbonyl (C=O) groups is 1. The van der Waals surface area contributed by atoms with E-state index in [9.17, 15) is 18.8 Å². The average Bonchev–Trinajstić information content (AvgIpc) is 3.58. The van der Waals surface area contributed by atoms with Crippen molar-refractivity contribution in [2.45, 2.75) is 113 Å². The number of benzene rings is 3.